The van der Waals surface area contributed by atoms with E-state index in [0.29, 0.717) is 5.82 Å². The van der Waals surface area contributed by atoms with Crippen molar-refractivity contribution < 1.29 is 0 Å². The molecule has 0 fully saturated rings. The molecule has 3 heteroatoms. The van der Waals surface area contributed by atoms with Gasteiger partial charge in [0.2, 0.25) is 0 Å². The van der Waals surface area contributed by atoms with Gasteiger partial charge >= 0.3 is 0 Å². The first-order valence-corrected chi connectivity index (χ1v) is 13.7. The maximum absolute atomic E-state index is 4.95. The van der Waals surface area contributed by atoms with Gasteiger partial charge in [-0.2, -0.15) is 0 Å². The topological polar surface area (TPSA) is 38.7 Å². The Morgan fingerprint density at radius 3 is 1.64 bits per heavy atom. The third-order valence-corrected chi connectivity index (χ3v) is 9.67. The molecule has 1 aliphatic rings. The molecule has 0 atom stereocenters. The SMILES string of the molecule is CC1(C)c2ccc(-c3ccc(-c4cc(-c5ccccc5)nc(-c5ccccc5)n4)cn3)cc2C(C)(C)C1(C)C. The van der Waals surface area contributed by atoms with Crippen molar-refractivity contribution >= 4 is 0 Å². The van der Waals surface area contributed by atoms with Crippen molar-refractivity contribution in [3.05, 3.63) is 114 Å². The van der Waals surface area contributed by atoms with Crippen molar-refractivity contribution in [2.75, 3.05) is 0 Å². The van der Waals surface area contributed by atoms with E-state index in [1.54, 1.807) is 0 Å². The summed E-state index contributed by atoms with van der Waals surface area (Å²) in [5.41, 5.74) is 10.1. The second kappa shape index (κ2) is 8.98. The highest BCUT2D eigenvalue weighted by Crippen LogP contribution is 2.61. The van der Waals surface area contributed by atoms with E-state index in [1.165, 1.54) is 11.1 Å². The molecule has 5 aromatic rings. The van der Waals surface area contributed by atoms with Gasteiger partial charge in [0.25, 0.3) is 0 Å². The van der Waals surface area contributed by atoms with Crippen LogP contribution in [-0.4, -0.2) is 15.0 Å². The quantitative estimate of drug-likeness (QED) is 0.242. The van der Waals surface area contributed by atoms with Crippen LogP contribution in [0.3, 0.4) is 0 Å². The summed E-state index contributed by atoms with van der Waals surface area (Å²) in [4.78, 5) is 14.8. The molecular weight excluding hydrogens is 474 g/mol. The van der Waals surface area contributed by atoms with Crippen LogP contribution in [-0.2, 0) is 10.8 Å². The first-order valence-electron chi connectivity index (χ1n) is 13.7. The summed E-state index contributed by atoms with van der Waals surface area (Å²) >= 11 is 0. The van der Waals surface area contributed by atoms with Crippen LogP contribution in [0.1, 0.15) is 52.7 Å². The first-order chi connectivity index (χ1) is 18.6. The average molecular weight is 510 g/mol. The number of aromatic nitrogens is 3. The summed E-state index contributed by atoms with van der Waals surface area (Å²) in [6.07, 6.45) is 1.94. The molecule has 1 aliphatic carbocycles. The molecule has 2 aromatic heterocycles. The van der Waals surface area contributed by atoms with Crippen molar-refractivity contribution in [1.29, 1.82) is 0 Å². The van der Waals surface area contributed by atoms with Gasteiger partial charge in [-0.15, -0.1) is 0 Å². The number of hydrogen-bond acceptors (Lipinski definition) is 3. The Balaban J connectivity index is 1.40. The van der Waals surface area contributed by atoms with Crippen LogP contribution in [0.4, 0.5) is 0 Å². The fraction of sp³-hybridized carbons (Fsp3) is 0.250. The summed E-state index contributed by atoms with van der Waals surface area (Å²) in [5, 5.41) is 0. The molecule has 0 bridgehead atoms. The van der Waals surface area contributed by atoms with Gasteiger partial charge in [-0.05, 0) is 51.6 Å². The van der Waals surface area contributed by atoms with E-state index in [9.17, 15) is 0 Å². The highest BCUT2D eigenvalue weighted by molar-refractivity contribution is 5.73. The molecule has 0 saturated carbocycles. The maximum Gasteiger partial charge on any atom is 0.160 e. The minimum Gasteiger partial charge on any atom is -0.256 e. The molecule has 0 radical (unpaired) electrons. The highest BCUT2D eigenvalue weighted by atomic mass is 14.9. The lowest BCUT2D eigenvalue weighted by molar-refractivity contribution is 0.125. The number of rotatable bonds is 4. The Bertz CT molecular complexity index is 1590. The molecule has 0 aliphatic heterocycles. The van der Waals surface area contributed by atoms with Crippen molar-refractivity contribution in [3.8, 4) is 45.2 Å². The van der Waals surface area contributed by atoms with Crippen LogP contribution in [0.25, 0.3) is 45.2 Å². The minimum absolute atomic E-state index is 0.0599. The van der Waals surface area contributed by atoms with Crippen LogP contribution in [0.2, 0.25) is 0 Å². The molecular formula is C36H35N3. The molecule has 2 heterocycles. The van der Waals surface area contributed by atoms with Crippen LogP contribution in [0.15, 0.2) is 103 Å². The minimum atomic E-state index is 0.0599. The van der Waals surface area contributed by atoms with Crippen molar-refractivity contribution in [2.24, 2.45) is 5.41 Å². The zero-order chi connectivity index (χ0) is 27.4. The van der Waals surface area contributed by atoms with Crippen molar-refractivity contribution in [2.45, 2.75) is 52.4 Å². The van der Waals surface area contributed by atoms with Crippen LogP contribution >= 0.6 is 0 Å². The van der Waals surface area contributed by atoms with E-state index in [4.69, 9.17) is 15.0 Å². The van der Waals surface area contributed by atoms with Crippen molar-refractivity contribution in [1.82, 2.24) is 15.0 Å². The van der Waals surface area contributed by atoms with Gasteiger partial charge in [-0.3, -0.25) is 4.98 Å². The molecule has 0 unspecified atom stereocenters. The van der Waals surface area contributed by atoms with Crippen LogP contribution < -0.4 is 0 Å². The van der Waals surface area contributed by atoms with Gasteiger partial charge in [0.05, 0.1) is 17.1 Å². The first kappa shape index (κ1) is 25.2. The molecule has 0 spiro atoms. The van der Waals surface area contributed by atoms with E-state index in [0.717, 1.165) is 39.3 Å². The van der Waals surface area contributed by atoms with Gasteiger partial charge in [-0.25, -0.2) is 9.97 Å². The lowest BCUT2D eigenvalue weighted by Gasteiger charge is -2.44. The van der Waals surface area contributed by atoms with Gasteiger partial charge in [0, 0.05) is 28.5 Å². The summed E-state index contributed by atoms with van der Waals surface area (Å²) < 4.78 is 0. The lowest BCUT2D eigenvalue weighted by Crippen LogP contribution is -2.42. The second-order valence-corrected chi connectivity index (χ2v) is 12.3. The average Bonchev–Trinajstić information content (AvgIpc) is 3.07. The van der Waals surface area contributed by atoms with Crippen molar-refractivity contribution in [3.63, 3.8) is 0 Å². The fourth-order valence-corrected chi connectivity index (χ4v) is 6.00. The third kappa shape index (κ3) is 3.99. The van der Waals surface area contributed by atoms with E-state index < -0.39 is 0 Å². The summed E-state index contributed by atoms with van der Waals surface area (Å²) in [6.45, 7) is 14.3. The number of benzene rings is 3. The predicted octanol–water partition coefficient (Wildman–Crippen LogP) is 9.13. The Morgan fingerprint density at radius 2 is 1.03 bits per heavy atom. The van der Waals surface area contributed by atoms with E-state index in [-0.39, 0.29) is 16.2 Å². The number of nitrogens with zero attached hydrogens (tertiary/aromatic N) is 3. The zero-order valence-electron chi connectivity index (χ0n) is 23.7. The third-order valence-electron chi connectivity index (χ3n) is 9.67. The second-order valence-electron chi connectivity index (χ2n) is 12.3. The molecule has 6 rings (SSSR count). The maximum atomic E-state index is 4.95. The molecule has 0 saturated heterocycles. The van der Waals surface area contributed by atoms with E-state index >= 15 is 0 Å². The molecule has 3 nitrogen and oxygen atoms in total. The number of hydrogen-bond donors (Lipinski definition) is 0. The molecule has 0 amide bonds. The van der Waals surface area contributed by atoms with E-state index in [2.05, 4.69) is 90.1 Å². The van der Waals surface area contributed by atoms with Gasteiger partial charge in [0.1, 0.15) is 0 Å². The standard InChI is InChI=1S/C36H35N3/c1-34(2)28-19-17-26(21-29(28)35(3,4)36(34,5)6)30-20-18-27(23-37-30)32-22-31(24-13-9-7-10-14-24)38-33(39-32)25-15-11-8-12-16-25/h7-23H,1-6H3. The predicted molar refractivity (Wildman–Crippen MR) is 161 cm³/mol. The summed E-state index contributed by atoms with van der Waals surface area (Å²) in [6, 6.07) is 33.6. The van der Waals surface area contributed by atoms with Gasteiger partial charge in [-0.1, -0.05) is 114 Å². The molecule has 0 N–H and O–H groups in total. The fourth-order valence-electron chi connectivity index (χ4n) is 6.00. The van der Waals surface area contributed by atoms with Gasteiger partial charge in [0.15, 0.2) is 5.82 Å². The highest BCUT2D eigenvalue weighted by Gasteiger charge is 2.56. The molecule has 39 heavy (non-hydrogen) atoms. The number of pyridine rings is 1. The largest absolute Gasteiger partial charge is 0.256 e. The van der Waals surface area contributed by atoms with E-state index in [1.807, 2.05) is 54.7 Å². The summed E-state index contributed by atoms with van der Waals surface area (Å²) in [5.74, 6) is 0.710. The summed E-state index contributed by atoms with van der Waals surface area (Å²) in [7, 11) is 0. The zero-order valence-corrected chi connectivity index (χ0v) is 23.7. The normalized spacial score (nSPS) is 16.6. The lowest BCUT2D eigenvalue weighted by atomic mass is 9.59. The Hall–Kier alpha value is -4.11. The van der Waals surface area contributed by atoms with Crippen LogP contribution in [0.5, 0.6) is 0 Å². The number of fused-ring (bicyclic) bond motifs is 1. The Labute approximate surface area is 232 Å². The smallest absolute Gasteiger partial charge is 0.160 e. The van der Waals surface area contributed by atoms with Crippen LogP contribution in [0, 0.1) is 5.41 Å². The monoisotopic (exact) mass is 509 g/mol. The molecule has 3 aromatic carbocycles. The Kier molecular flexibility index (Phi) is 5.80. The molecule has 194 valence electrons. The van der Waals surface area contributed by atoms with Gasteiger partial charge < -0.3 is 0 Å². The Morgan fingerprint density at radius 1 is 0.462 bits per heavy atom.